The number of thioether (sulfide) groups is 1. The zero-order valence-electron chi connectivity index (χ0n) is 16.7. The van der Waals surface area contributed by atoms with Gasteiger partial charge in [-0.1, -0.05) is 11.8 Å². The smallest absolute Gasteiger partial charge is 0.407 e. The Kier molecular flexibility index (Phi) is 7.77. The molecule has 2 amide bonds. The van der Waals surface area contributed by atoms with Gasteiger partial charge < -0.3 is 20.7 Å². The van der Waals surface area contributed by atoms with Gasteiger partial charge in [-0.05, 0) is 51.3 Å². The molecule has 0 saturated heterocycles. The molecule has 1 heterocycles. The predicted octanol–water partition coefficient (Wildman–Crippen LogP) is 3.53. The van der Waals surface area contributed by atoms with Crippen LogP contribution in [0.25, 0.3) is 0 Å². The van der Waals surface area contributed by atoms with E-state index in [1.807, 2.05) is 6.26 Å². The Balaban J connectivity index is 2.01. The molecule has 2 aromatic rings. The average Bonchev–Trinajstić information content (AvgIpc) is 2.65. The minimum Gasteiger partial charge on any atom is -0.444 e. The van der Waals surface area contributed by atoms with Crippen LogP contribution >= 0.6 is 11.8 Å². The largest absolute Gasteiger partial charge is 0.444 e. The van der Waals surface area contributed by atoms with Crippen LogP contribution in [0.4, 0.5) is 20.7 Å². The lowest BCUT2D eigenvalue weighted by molar-refractivity contribution is 0.0530. The van der Waals surface area contributed by atoms with E-state index in [1.165, 1.54) is 42.2 Å². The molecule has 2 rings (SSSR count). The number of nitrogens with zero attached hydrogens (tertiary/aromatic N) is 2. The highest BCUT2D eigenvalue weighted by Gasteiger charge is 2.17. The Morgan fingerprint density at radius 3 is 2.48 bits per heavy atom. The first-order valence-electron chi connectivity index (χ1n) is 8.86. The van der Waals surface area contributed by atoms with Crippen LogP contribution in [0.3, 0.4) is 0 Å². The molecule has 1 aromatic carbocycles. The molecule has 8 nitrogen and oxygen atoms in total. The minimum absolute atomic E-state index is 0.226. The van der Waals surface area contributed by atoms with E-state index in [0.717, 1.165) is 0 Å². The van der Waals surface area contributed by atoms with Crippen molar-refractivity contribution in [3.05, 3.63) is 41.8 Å². The molecule has 0 atom stereocenters. The summed E-state index contributed by atoms with van der Waals surface area (Å²) in [5, 5.41) is 8.82. The zero-order chi connectivity index (χ0) is 21.4. The van der Waals surface area contributed by atoms with E-state index in [0.29, 0.717) is 23.2 Å². The second-order valence-corrected chi connectivity index (χ2v) is 7.71. The number of aromatic nitrogens is 2. The fraction of sp³-hybridized carbons (Fsp3) is 0.368. The summed E-state index contributed by atoms with van der Waals surface area (Å²) in [6.07, 6.45) is 2.71. The number of benzene rings is 1. The van der Waals surface area contributed by atoms with Crippen LogP contribution in [-0.2, 0) is 4.74 Å². The number of anilines is 2. The fourth-order valence-corrected chi connectivity index (χ4v) is 2.50. The summed E-state index contributed by atoms with van der Waals surface area (Å²) in [4.78, 5) is 32.7. The van der Waals surface area contributed by atoms with E-state index in [-0.39, 0.29) is 12.1 Å². The average molecular weight is 421 g/mol. The van der Waals surface area contributed by atoms with Gasteiger partial charge >= 0.3 is 6.09 Å². The summed E-state index contributed by atoms with van der Waals surface area (Å²) in [5.41, 5.74) is 0.0931. The van der Waals surface area contributed by atoms with Crippen LogP contribution in [0.15, 0.2) is 35.6 Å². The third kappa shape index (κ3) is 7.57. The first kappa shape index (κ1) is 22.4. The van der Waals surface area contributed by atoms with Crippen molar-refractivity contribution in [2.45, 2.75) is 31.5 Å². The first-order chi connectivity index (χ1) is 13.7. The summed E-state index contributed by atoms with van der Waals surface area (Å²) < 4.78 is 18.2. The van der Waals surface area contributed by atoms with Crippen LogP contribution in [0.5, 0.6) is 0 Å². The maximum Gasteiger partial charge on any atom is 0.407 e. The van der Waals surface area contributed by atoms with Gasteiger partial charge in [-0.3, -0.25) is 4.79 Å². The van der Waals surface area contributed by atoms with Crippen molar-refractivity contribution in [1.29, 1.82) is 0 Å². The van der Waals surface area contributed by atoms with Gasteiger partial charge in [0.15, 0.2) is 5.16 Å². The third-order valence-electron chi connectivity index (χ3n) is 3.38. The maximum atomic E-state index is 13.0. The van der Waals surface area contributed by atoms with E-state index in [2.05, 4.69) is 25.9 Å². The normalized spacial score (nSPS) is 10.9. The van der Waals surface area contributed by atoms with Gasteiger partial charge in [0.1, 0.15) is 22.8 Å². The molecule has 0 unspecified atom stereocenters. The molecule has 0 aliphatic rings. The Hall–Kier alpha value is -2.88. The van der Waals surface area contributed by atoms with Gasteiger partial charge in [0, 0.05) is 25.0 Å². The molecule has 0 fully saturated rings. The summed E-state index contributed by atoms with van der Waals surface area (Å²) in [6.45, 7) is 5.93. The number of amides is 2. The highest BCUT2D eigenvalue weighted by molar-refractivity contribution is 7.98. The molecule has 10 heteroatoms. The van der Waals surface area contributed by atoms with Gasteiger partial charge in [-0.2, -0.15) is 0 Å². The van der Waals surface area contributed by atoms with Crippen molar-refractivity contribution in [1.82, 2.24) is 15.3 Å². The quantitative estimate of drug-likeness (QED) is 0.357. The topological polar surface area (TPSA) is 105 Å². The summed E-state index contributed by atoms with van der Waals surface area (Å²) in [7, 11) is 0. The SMILES string of the molecule is CSc1ncc(C(=O)Nc2ccc(F)cc2)c(NCCNC(=O)OC(C)(C)C)n1. The van der Waals surface area contributed by atoms with Gasteiger partial charge in [0.2, 0.25) is 0 Å². The molecule has 0 aliphatic carbocycles. The predicted molar refractivity (Wildman–Crippen MR) is 111 cm³/mol. The molecule has 0 aliphatic heterocycles. The molecule has 0 radical (unpaired) electrons. The number of halogens is 1. The Labute approximate surface area is 173 Å². The zero-order valence-corrected chi connectivity index (χ0v) is 17.5. The van der Waals surface area contributed by atoms with Crippen molar-refractivity contribution in [3.63, 3.8) is 0 Å². The van der Waals surface area contributed by atoms with E-state index >= 15 is 0 Å². The van der Waals surface area contributed by atoms with Crippen LogP contribution < -0.4 is 16.0 Å². The van der Waals surface area contributed by atoms with Crippen LogP contribution in [0, 0.1) is 5.82 Å². The van der Waals surface area contributed by atoms with Crippen molar-refractivity contribution in [3.8, 4) is 0 Å². The number of hydrogen-bond acceptors (Lipinski definition) is 7. The third-order valence-corrected chi connectivity index (χ3v) is 3.94. The summed E-state index contributed by atoms with van der Waals surface area (Å²) in [5.74, 6) is -0.502. The number of alkyl carbamates (subject to hydrolysis) is 1. The monoisotopic (exact) mass is 421 g/mol. The number of ether oxygens (including phenoxy) is 1. The standard InChI is InChI=1S/C19H24FN5O3S/c1-19(2,3)28-18(27)22-10-9-21-15-14(11-23-17(25-15)29-4)16(26)24-13-7-5-12(20)6-8-13/h5-8,11H,9-10H2,1-4H3,(H,22,27)(H,24,26)(H,21,23,25). The molecule has 0 bridgehead atoms. The molecular weight excluding hydrogens is 397 g/mol. The lowest BCUT2D eigenvalue weighted by Gasteiger charge is -2.19. The highest BCUT2D eigenvalue weighted by atomic mass is 32.2. The summed E-state index contributed by atoms with van der Waals surface area (Å²) in [6, 6.07) is 5.43. The summed E-state index contributed by atoms with van der Waals surface area (Å²) >= 11 is 1.33. The maximum absolute atomic E-state index is 13.0. The Morgan fingerprint density at radius 2 is 1.86 bits per heavy atom. The van der Waals surface area contributed by atoms with Gasteiger partial charge in [0.05, 0.1) is 0 Å². The first-order valence-corrected chi connectivity index (χ1v) is 10.1. The molecule has 0 spiro atoms. The van der Waals surface area contributed by atoms with Crippen LogP contribution in [0.1, 0.15) is 31.1 Å². The number of carbonyl (C=O) groups is 2. The lowest BCUT2D eigenvalue weighted by Crippen LogP contribution is -2.35. The van der Waals surface area contributed by atoms with E-state index in [1.54, 1.807) is 20.8 Å². The molecule has 3 N–H and O–H groups in total. The van der Waals surface area contributed by atoms with Crippen LogP contribution in [-0.4, -0.2) is 46.9 Å². The van der Waals surface area contributed by atoms with Gasteiger partial charge in [-0.15, -0.1) is 0 Å². The van der Waals surface area contributed by atoms with Crippen molar-refractivity contribution < 1.29 is 18.7 Å². The fourth-order valence-electron chi connectivity index (χ4n) is 2.16. The minimum atomic E-state index is -0.580. The van der Waals surface area contributed by atoms with E-state index < -0.39 is 23.4 Å². The van der Waals surface area contributed by atoms with Crippen molar-refractivity contribution in [2.75, 3.05) is 30.0 Å². The van der Waals surface area contributed by atoms with Crippen molar-refractivity contribution in [2.24, 2.45) is 0 Å². The van der Waals surface area contributed by atoms with E-state index in [4.69, 9.17) is 4.74 Å². The number of hydrogen-bond donors (Lipinski definition) is 3. The van der Waals surface area contributed by atoms with Crippen molar-refractivity contribution >= 4 is 35.3 Å². The second-order valence-electron chi connectivity index (χ2n) is 6.94. The van der Waals surface area contributed by atoms with Gasteiger partial charge in [0.25, 0.3) is 5.91 Å². The number of carbonyl (C=O) groups excluding carboxylic acids is 2. The Morgan fingerprint density at radius 1 is 1.17 bits per heavy atom. The molecule has 29 heavy (non-hydrogen) atoms. The van der Waals surface area contributed by atoms with Gasteiger partial charge in [-0.25, -0.2) is 19.2 Å². The molecule has 156 valence electrons. The lowest BCUT2D eigenvalue weighted by atomic mass is 10.2. The molecule has 0 saturated carbocycles. The molecule has 1 aromatic heterocycles. The highest BCUT2D eigenvalue weighted by Crippen LogP contribution is 2.18. The molecular formula is C19H24FN5O3S. The van der Waals surface area contributed by atoms with Crippen LogP contribution in [0.2, 0.25) is 0 Å². The Bertz CT molecular complexity index is 856. The van der Waals surface area contributed by atoms with E-state index in [9.17, 15) is 14.0 Å². The number of nitrogens with one attached hydrogen (secondary N) is 3. The number of rotatable bonds is 7. The second kappa shape index (κ2) is 10.1.